The van der Waals surface area contributed by atoms with Crippen LogP contribution >= 0.6 is 0 Å². The van der Waals surface area contributed by atoms with E-state index in [4.69, 9.17) is 18.6 Å². The zero-order valence-corrected chi connectivity index (χ0v) is 22.9. The summed E-state index contributed by atoms with van der Waals surface area (Å²) in [4.78, 5) is 14.2. The number of hydrogen-bond donors (Lipinski definition) is 1. The molecule has 12 nitrogen and oxygen atoms in total. The normalized spacial score (nSPS) is 16.9. The molecule has 0 saturated carbocycles. The van der Waals surface area contributed by atoms with E-state index in [0.717, 1.165) is 12.8 Å². The number of aryl methyl sites for hydroxylation is 1. The Morgan fingerprint density at radius 1 is 1.13 bits per heavy atom. The average Bonchev–Trinajstić information content (AvgIpc) is 3.50. The smallest absolute Gasteiger partial charge is 0.243 e. The van der Waals surface area contributed by atoms with E-state index >= 15 is 0 Å². The third-order valence-corrected chi connectivity index (χ3v) is 8.19. The Morgan fingerprint density at radius 2 is 1.84 bits per heavy atom. The summed E-state index contributed by atoms with van der Waals surface area (Å²) in [5, 5.41) is 7.43. The van der Waals surface area contributed by atoms with Crippen molar-refractivity contribution in [2.45, 2.75) is 44.4 Å². The molecule has 0 spiro atoms. The third kappa shape index (κ3) is 5.48. The quantitative estimate of drug-likeness (QED) is 0.384. The number of nitrogens with zero attached hydrogens (tertiary/aromatic N) is 4. The highest BCUT2D eigenvalue weighted by Crippen LogP contribution is 2.38. The third-order valence-electron chi connectivity index (χ3n) is 6.51. The molecular weight excluding hydrogens is 514 g/mol. The number of amides is 1. The topological polar surface area (TPSA) is 138 Å². The molecule has 13 heteroatoms. The first-order valence-corrected chi connectivity index (χ1v) is 13.8. The van der Waals surface area contributed by atoms with Crippen LogP contribution in [0, 0.1) is 6.92 Å². The minimum absolute atomic E-state index is 0.0124. The number of rotatable bonds is 11. The molecule has 0 bridgehead atoms. The van der Waals surface area contributed by atoms with Gasteiger partial charge in [-0.2, -0.15) is 0 Å². The molecule has 38 heavy (non-hydrogen) atoms. The van der Waals surface area contributed by atoms with Gasteiger partial charge in [0.15, 0.2) is 5.76 Å². The minimum atomic E-state index is -4.03. The number of carbonyl (C=O) groups excluding carboxylic acids is 1. The van der Waals surface area contributed by atoms with Crippen molar-refractivity contribution >= 4 is 21.9 Å². The van der Waals surface area contributed by atoms with Gasteiger partial charge in [-0.05, 0) is 51.0 Å². The van der Waals surface area contributed by atoms with Gasteiger partial charge in [0.1, 0.15) is 22.9 Å². The van der Waals surface area contributed by atoms with E-state index < -0.39 is 15.3 Å². The van der Waals surface area contributed by atoms with Crippen LogP contribution in [0.1, 0.15) is 31.9 Å². The van der Waals surface area contributed by atoms with E-state index in [-0.39, 0.29) is 30.3 Å². The van der Waals surface area contributed by atoms with Crippen LogP contribution in [0.25, 0.3) is 17.3 Å². The van der Waals surface area contributed by atoms with Crippen LogP contribution in [0.5, 0.6) is 11.5 Å². The van der Waals surface area contributed by atoms with Crippen molar-refractivity contribution < 1.29 is 31.8 Å². The first-order chi connectivity index (χ1) is 18.2. The summed E-state index contributed by atoms with van der Waals surface area (Å²) < 4.78 is 53.3. The van der Waals surface area contributed by atoms with Gasteiger partial charge < -0.3 is 23.5 Å². The number of ether oxygens (including phenoxy) is 3. The summed E-state index contributed by atoms with van der Waals surface area (Å²) in [6.07, 6.45) is 1.89. The highest BCUT2D eigenvalue weighted by atomic mass is 32.2. The molecule has 1 amide bonds. The Bertz CT molecular complexity index is 1360. The highest BCUT2D eigenvalue weighted by molar-refractivity contribution is 7.93. The van der Waals surface area contributed by atoms with Crippen LogP contribution in [0.2, 0.25) is 0 Å². The summed E-state index contributed by atoms with van der Waals surface area (Å²) in [5.41, 5.74) is 0.392. The van der Waals surface area contributed by atoms with Crippen molar-refractivity contribution in [1.29, 1.82) is 0 Å². The molecule has 1 N–H and O–H groups in total. The Balaban J connectivity index is 1.73. The summed E-state index contributed by atoms with van der Waals surface area (Å²) in [6.45, 7) is 3.70. The number of methoxy groups -OCH3 is 3. The first kappa shape index (κ1) is 27.5. The van der Waals surface area contributed by atoms with Gasteiger partial charge in [-0.1, -0.05) is 6.07 Å². The summed E-state index contributed by atoms with van der Waals surface area (Å²) in [5.74, 6) is 1.92. The molecule has 1 saturated heterocycles. The molecule has 1 aliphatic rings. The monoisotopic (exact) mass is 547 g/mol. The van der Waals surface area contributed by atoms with E-state index in [9.17, 15) is 13.2 Å². The zero-order chi connectivity index (χ0) is 27.4. The summed E-state index contributed by atoms with van der Waals surface area (Å²) >= 11 is 0. The maximum atomic E-state index is 13.5. The molecule has 2 aromatic heterocycles. The van der Waals surface area contributed by atoms with E-state index in [2.05, 4.69) is 14.9 Å². The molecule has 0 radical (unpaired) electrons. The Morgan fingerprint density at radius 3 is 2.45 bits per heavy atom. The number of carbonyl (C=O) groups is 1. The highest BCUT2D eigenvalue weighted by Gasteiger charge is 2.34. The van der Waals surface area contributed by atoms with Crippen LogP contribution in [-0.4, -0.2) is 79.8 Å². The second-order valence-electron chi connectivity index (χ2n) is 9.11. The number of piperidine rings is 1. The fourth-order valence-electron chi connectivity index (χ4n) is 4.54. The predicted molar refractivity (Wildman–Crippen MR) is 140 cm³/mol. The van der Waals surface area contributed by atoms with Crippen LogP contribution in [0.3, 0.4) is 0 Å². The van der Waals surface area contributed by atoms with Crippen molar-refractivity contribution in [1.82, 2.24) is 19.7 Å². The molecular formula is C25H33N5O7S. The molecule has 3 aromatic rings. The number of nitrogens with one attached hydrogen (secondary N) is 1. The lowest BCUT2D eigenvalue weighted by Gasteiger charge is -2.36. The molecule has 206 valence electrons. The van der Waals surface area contributed by atoms with Gasteiger partial charge in [-0.15, -0.1) is 10.2 Å². The second kappa shape index (κ2) is 11.4. The molecule has 1 fully saturated rings. The van der Waals surface area contributed by atoms with Crippen LogP contribution in [0.4, 0.5) is 5.95 Å². The molecule has 0 unspecified atom stereocenters. The zero-order valence-electron chi connectivity index (χ0n) is 22.1. The van der Waals surface area contributed by atoms with E-state index in [1.807, 2.05) is 0 Å². The first-order valence-electron chi connectivity index (χ1n) is 12.2. The molecule has 3 heterocycles. The van der Waals surface area contributed by atoms with Crippen LogP contribution < -0.4 is 14.2 Å². The largest absolute Gasteiger partial charge is 0.494 e. The molecule has 2 atom stereocenters. The Labute approximate surface area is 221 Å². The standard InChI is InChI=1S/C25H33N5O7S/c1-16-12-13-21(37-16)24-26-27-25(30(24)23-19(35-4)9-7-10-20(23)36-5)28-38(32,33)17(2)14-29-18(15-34-3)8-6-11-22(29)31/h7,9-10,12-13,17-18H,6,8,11,14-15H2,1-5H3,(H,27,28)/t17-,18+/m1/s1. The Hall–Kier alpha value is -3.58. The van der Waals surface area contributed by atoms with Gasteiger partial charge in [-0.3, -0.25) is 14.1 Å². The van der Waals surface area contributed by atoms with E-state index in [1.165, 1.54) is 18.8 Å². The van der Waals surface area contributed by atoms with Gasteiger partial charge in [-0.25, -0.2) is 8.42 Å². The SMILES string of the molecule is COC[C@@H]1CCCC(=O)N1C[C@@H](C)S(=O)(=O)Nc1nnc(-c2ccc(C)o2)n1-c1c(OC)cccc1OC. The van der Waals surface area contributed by atoms with Crippen molar-refractivity contribution in [3.63, 3.8) is 0 Å². The molecule has 1 aliphatic heterocycles. The van der Waals surface area contributed by atoms with Crippen molar-refractivity contribution in [3.8, 4) is 28.8 Å². The van der Waals surface area contributed by atoms with Gasteiger partial charge in [0.05, 0.1) is 32.1 Å². The number of aromatic nitrogens is 3. The minimum Gasteiger partial charge on any atom is -0.494 e. The number of benzene rings is 1. The number of sulfonamides is 1. The van der Waals surface area contributed by atoms with Gasteiger partial charge >= 0.3 is 0 Å². The lowest BCUT2D eigenvalue weighted by atomic mass is 10.0. The van der Waals surface area contributed by atoms with Crippen LogP contribution in [0.15, 0.2) is 34.7 Å². The van der Waals surface area contributed by atoms with Gasteiger partial charge in [0, 0.05) is 20.1 Å². The molecule has 4 rings (SSSR count). The number of anilines is 1. The van der Waals surface area contributed by atoms with E-state index in [0.29, 0.717) is 41.7 Å². The fraction of sp³-hybridized carbons (Fsp3) is 0.480. The second-order valence-corrected chi connectivity index (χ2v) is 11.2. The lowest BCUT2D eigenvalue weighted by molar-refractivity contribution is -0.137. The predicted octanol–water partition coefficient (Wildman–Crippen LogP) is 3.01. The average molecular weight is 548 g/mol. The van der Waals surface area contributed by atoms with Gasteiger partial charge in [0.25, 0.3) is 0 Å². The maximum absolute atomic E-state index is 13.5. The number of likely N-dealkylation sites (tertiary alicyclic amines) is 1. The fourth-order valence-corrected chi connectivity index (χ4v) is 5.48. The number of furan rings is 1. The maximum Gasteiger partial charge on any atom is 0.243 e. The van der Waals surface area contributed by atoms with Crippen LogP contribution in [-0.2, 0) is 19.6 Å². The summed E-state index contributed by atoms with van der Waals surface area (Å²) in [7, 11) is 0.532. The van der Waals surface area contributed by atoms with E-state index in [1.54, 1.807) is 56.2 Å². The lowest BCUT2D eigenvalue weighted by Crippen LogP contribution is -2.50. The van der Waals surface area contributed by atoms with Crippen molar-refractivity contribution in [3.05, 3.63) is 36.1 Å². The molecule has 1 aromatic carbocycles. The number of hydrogen-bond acceptors (Lipinski definition) is 9. The van der Waals surface area contributed by atoms with Crippen molar-refractivity contribution in [2.24, 2.45) is 0 Å². The van der Waals surface area contributed by atoms with Crippen molar-refractivity contribution in [2.75, 3.05) is 39.2 Å². The number of para-hydroxylation sites is 1. The van der Waals surface area contributed by atoms with Gasteiger partial charge in [0.2, 0.25) is 27.7 Å². The molecule has 0 aliphatic carbocycles. The summed E-state index contributed by atoms with van der Waals surface area (Å²) in [6, 6.07) is 8.50. The Kier molecular flexibility index (Phi) is 8.26.